The van der Waals surface area contributed by atoms with Crippen molar-refractivity contribution >= 4 is 39.7 Å². The molecule has 0 aliphatic rings. The fourth-order valence-electron chi connectivity index (χ4n) is 4.35. The topological polar surface area (TPSA) is 63.9 Å². The van der Waals surface area contributed by atoms with Gasteiger partial charge in [-0.3, -0.25) is 4.79 Å². The van der Waals surface area contributed by atoms with Crippen LogP contribution in [0.2, 0.25) is 0 Å². The summed E-state index contributed by atoms with van der Waals surface area (Å²) in [5.41, 5.74) is 5.28. The lowest BCUT2D eigenvalue weighted by atomic mass is 10.1. The van der Waals surface area contributed by atoms with Gasteiger partial charge in [-0.2, -0.15) is 0 Å². The molecule has 4 rings (SSSR count). The molecule has 4 aromatic rings. The largest absolute Gasteiger partial charge is 0.343 e. The molecule has 0 aliphatic heterocycles. The first kappa shape index (κ1) is 24.2. The number of para-hydroxylation sites is 1. The molecule has 2 aromatic heterocycles. The van der Waals surface area contributed by atoms with E-state index in [2.05, 4.69) is 78.0 Å². The van der Waals surface area contributed by atoms with Gasteiger partial charge in [-0.05, 0) is 37.8 Å². The summed E-state index contributed by atoms with van der Waals surface area (Å²) in [7, 11) is 0. The number of amides is 1. The van der Waals surface area contributed by atoms with Crippen LogP contribution in [0.4, 0.5) is 0 Å². The fourth-order valence-corrected chi connectivity index (χ4v) is 5.07. The van der Waals surface area contributed by atoms with Crippen LogP contribution in [-0.2, 0) is 11.3 Å². The van der Waals surface area contributed by atoms with Crippen LogP contribution in [0.25, 0.3) is 22.1 Å². The van der Waals surface area contributed by atoms with Crippen LogP contribution in [0.1, 0.15) is 50.7 Å². The van der Waals surface area contributed by atoms with E-state index in [1.807, 2.05) is 11.0 Å². The molecule has 2 heterocycles. The molecule has 1 amide bonds. The predicted octanol–water partition coefficient (Wildman–Crippen LogP) is 5.86. The molecule has 0 N–H and O–H groups in total. The Hall–Kier alpha value is -2.93. The first-order valence-corrected chi connectivity index (χ1v) is 13.2. The molecule has 0 atom stereocenters. The average Bonchev–Trinajstić information content (AvgIpc) is 3.14. The third-order valence-corrected chi connectivity index (χ3v) is 6.81. The summed E-state index contributed by atoms with van der Waals surface area (Å²) in [4.78, 5) is 19.4. The number of thioether (sulfide) groups is 1. The van der Waals surface area contributed by atoms with Gasteiger partial charge >= 0.3 is 0 Å². The van der Waals surface area contributed by atoms with Crippen LogP contribution in [0.5, 0.6) is 0 Å². The Kier molecular flexibility index (Phi) is 8.16. The number of fused-ring (bicyclic) bond motifs is 3. The van der Waals surface area contributed by atoms with Crippen molar-refractivity contribution in [3.63, 3.8) is 0 Å². The highest BCUT2D eigenvalue weighted by molar-refractivity contribution is 7.99. The minimum atomic E-state index is 0.247. The lowest BCUT2D eigenvalue weighted by Gasteiger charge is -2.21. The number of carbonyl (C=O) groups is 1. The summed E-state index contributed by atoms with van der Waals surface area (Å²) in [6.07, 6.45) is 3.37. The van der Waals surface area contributed by atoms with Crippen LogP contribution in [0.3, 0.4) is 0 Å². The lowest BCUT2D eigenvalue weighted by molar-refractivity contribution is -0.131. The molecule has 6 nitrogen and oxygen atoms in total. The summed E-state index contributed by atoms with van der Waals surface area (Å²) in [5, 5.41) is 10.7. The Morgan fingerprint density at radius 1 is 1.03 bits per heavy atom. The zero-order valence-corrected chi connectivity index (χ0v) is 21.1. The second-order valence-electron chi connectivity index (χ2n) is 8.69. The summed E-state index contributed by atoms with van der Waals surface area (Å²) in [5.74, 6) is 1.04. The van der Waals surface area contributed by atoms with Crippen LogP contribution in [-0.4, -0.2) is 49.4 Å². The van der Waals surface area contributed by atoms with Crippen molar-refractivity contribution in [2.75, 3.05) is 18.8 Å². The maximum absolute atomic E-state index is 12.5. The van der Waals surface area contributed by atoms with Gasteiger partial charge in [0.05, 0.1) is 5.52 Å². The van der Waals surface area contributed by atoms with E-state index in [-0.39, 0.29) is 5.91 Å². The summed E-state index contributed by atoms with van der Waals surface area (Å²) in [6.45, 7) is 8.76. The minimum absolute atomic E-state index is 0.247. The SMILES string of the molecule is CCCN(CCC)C(=O)CCCSc1nnc2c3ccccc3n(Cc3cccc(C)c3)c2n1. The summed E-state index contributed by atoms with van der Waals surface area (Å²) < 4.78 is 2.23. The van der Waals surface area contributed by atoms with Crippen LogP contribution >= 0.6 is 11.8 Å². The number of aromatic nitrogens is 4. The van der Waals surface area contributed by atoms with Gasteiger partial charge in [-0.25, -0.2) is 4.98 Å². The van der Waals surface area contributed by atoms with Crippen molar-refractivity contribution in [3.8, 4) is 0 Å². The fraction of sp³-hybridized carbons (Fsp3) is 0.407. The summed E-state index contributed by atoms with van der Waals surface area (Å²) in [6, 6.07) is 16.8. The van der Waals surface area contributed by atoms with Crippen molar-refractivity contribution in [1.29, 1.82) is 0 Å². The van der Waals surface area contributed by atoms with Gasteiger partial charge in [0.15, 0.2) is 5.65 Å². The van der Waals surface area contributed by atoms with Gasteiger partial charge in [0.25, 0.3) is 0 Å². The molecule has 0 saturated heterocycles. The van der Waals surface area contributed by atoms with Crippen molar-refractivity contribution < 1.29 is 4.79 Å². The first-order chi connectivity index (χ1) is 16.6. The molecular formula is C27H33N5OS. The molecule has 178 valence electrons. The molecular weight excluding hydrogens is 442 g/mol. The van der Waals surface area contributed by atoms with Crippen molar-refractivity contribution in [3.05, 3.63) is 59.7 Å². The van der Waals surface area contributed by atoms with Gasteiger partial charge in [0, 0.05) is 37.2 Å². The Morgan fingerprint density at radius 3 is 2.59 bits per heavy atom. The van der Waals surface area contributed by atoms with Gasteiger partial charge in [-0.1, -0.05) is 73.6 Å². The highest BCUT2D eigenvalue weighted by Gasteiger charge is 2.16. The van der Waals surface area contributed by atoms with Gasteiger partial charge < -0.3 is 9.47 Å². The van der Waals surface area contributed by atoms with E-state index in [1.54, 1.807) is 11.8 Å². The highest BCUT2D eigenvalue weighted by atomic mass is 32.2. The Labute approximate surface area is 205 Å². The second kappa shape index (κ2) is 11.5. The molecule has 0 radical (unpaired) electrons. The zero-order valence-electron chi connectivity index (χ0n) is 20.3. The molecule has 7 heteroatoms. The lowest BCUT2D eigenvalue weighted by Crippen LogP contribution is -2.32. The van der Waals surface area contributed by atoms with Gasteiger partial charge in [-0.15, -0.1) is 10.2 Å². The predicted molar refractivity (Wildman–Crippen MR) is 140 cm³/mol. The van der Waals surface area contributed by atoms with Crippen molar-refractivity contribution in [1.82, 2.24) is 24.6 Å². The molecule has 0 spiro atoms. The van der Waals surface area contributed by atoms with E-state index in [0.717, 1.165) is 66.7 Å². The number of nitrogens with zero attached hydrogens (tertiary/aromatic N) is 5. The maximum Gasteiger partial charge on any atom is 0.222 e. The number of hydrogen-bond acceptors (Lipinski definition) is 5. The smallest absolute Gasteiger partial charge is 0.222 e. The highest BCUT2D eigenvalue weighted by Crippen LogP contribution is 2.28. The number of benzene rings is 2. The molecule has 0 fully saturated rings. The molecule has 0 unspecified atom stereocenters. The standard InChI is InChI=1S/C27H33N5OS/c1-4-15-31(16-5-2)24(33)14-9-17-34-27-28-26-25(29-30-27)22-12-6-7-13-23(22)32(26)19-21-11-8-10-20(3)18-21/h6-8,10-13,18H,4-5,9,14-17,19H2,1-3H3. The monoisotopic (exact) mass is 475 g/mol. The van der Waals surface area contributed by atoms with E-state index in [9.17, 15) is 4.79 Å². The molecule has 0 bridgehead atoms. The van der Waals surface area contributed by atoms with E-state index >= 15 is 0 Å². The number of hydrogen-bond donors (Lipinski definition) is 0. The van der Waals surface area contributed by atoms with Gasteiger partial charge in [0.2, 0.25) is 11.1 Å². The Bertz CT molecular complexity index is 1260. The van der Waals surface area contributed by atoms with Crippen molar-refractivity contribution in [2.24, 2.45) is 0 Å². The maximum atomic E-state index is 12.5. The van der Waals surface area contributed by atoms with Gasteiger partial charge in [0.1, 0.15) is 5.52 Å². The van der Waals surface area contributed by atoms with E-state index in [0.29, 0.717) is 11.6 Å². The van der Waals surface area contributed by atoms with E-state index in [1.165, 1.54) is 11.1 Å². The minimum Gasteiger partial charge on any atom is -0.343 e. The zero-order chi connectivity index (χ0) is 23.9. The molecule has 2 aromatic carbocycles. The van der Waals surface area contributed by atoms with E-state index in [4.69, 9.17) is 4.98 Å². The normalized spacial score (nSPS) is 11.4. The molecule has 34 heavy (non-hydrogen) atoms. The van der Waals surface area contributed by atoms with Crippen LogP contribution in [0.15, 0.2) is 53.7 Å². The quantitative estimate of drug-likeness (QED) is 0.201. The number of rotatable bonds is 11. The third-order valence-electron chi connectivity index (χ3n) is 5.88. The Morgan fingerprint density at radius 2 is 1.82 bits per heavy atom. The van der Waals surface area contributed by atoms with Crippen LogP contribution < -0.4 is 0 Å². The van der Waals surface area contributed by atoms with Crippen LogP contribution in [0, 0.1) is 6.92 Å². The number of carbonyl (C=O) groups excluding carboxylic acids is 1. The third kappa shape index (κ3) is 5.58. The first-order valence-electron chi connectivity index (χ1n) is 12.2. The molecule has 0 aliphatic carbocycles. The average molecular weight is 476 g/mol. The van der Waals surface area contributed by atoms with E-state index < -0.39 is 0 Å². The summed E-state index contributed by atoms with van der Waals surface area (Å²) >= 11 is 1.57. The van der Waals surface area contributed by atoms with Crippen molar-refractivity contribution in [2.45, 2.75) is 58.2 Å². The molecule has 0 saturated carbocycles. The second-order valence-corrected chi connectivity index (χ2v) is 9.75. The Balaban J connectivity index is 1.50. The number of aryl methyl sites for hydroxylation is 1.